The van der Waals surface area contributed by atoms with Crippen molar-refractivity contribution in [2.24, 2.45) is 5.73 Å². The molecule has 0 saturated carbocycles. The van der Waals surface area contributed by atoms with Gasteiger partial charge in [-0.15, -0.1) is 0 Å². The zero-order chi connectivity index (χ0) is 19.6. The van der Waals surface area contributed by atoms with Gasteiger partial charge in [0.25, 0.3) is 0 Å². The number of hydrogen-bond acceptors (Lipinski definition) is 6. The second kappa shape index (κ2) is 10.7. The number of unbranched alkanes of at least 4 members (excludes halogenated alkanes) is 1. The summed E-state index contributed by atoms with van der Waals surface area (Å²) in [4.78, 5) is 22.8. The SMILES string of the molecule is COC(=O)[C@@H](N)Cc1ccc(OCCCCNC(=O)OC(C)(C)C)cc1. The van der Waals surface area contributed by atoms with Gasteiger partial charge in [-0.1, -0.05) is 12.1 Å². The molecule has 0 aliphatic carbocycles. The molecule has 0 radical (unpaired) electrons. The maximum Gasteiger partial charge on any atom is 0.407 e. The van der Waals surface area contributed by atoms with Crippen LogP contribution in [-0.2, 0) is 20.7 Å². The normalized spacial score (nSPS) is 12.2. The number of rotatable bonds is 9. The molecule has 1 atom stereocenters. The minimum Gasteiger partial charge on any atom is -0.494 e. The van der Waals surface area contributed by atoms with E-state index in [4.69, 9.17) is 15.2 Å². The molecule has 0 fully saturated rings. The van der Waals surface area contributed by atoms with E-state index in [1.54, 1.807) is 0 Å². The number of methoxy groups -OCH3 is 1. The van der Waals surface area contributed by atoms with Gasteiger partial charge >= 0.3 is 12.1 Å². The molecule has 1 aromatic carbocycles. The van der Waals surface area contributed by atoms with Crippen molar-refractivity contribution in [1.82, 2.24) is 5.32 Å². The molecule has 0 spiro atoms. The Hall–Kier alpha value is -2.28. The quantitative estimate of drug-likeness (QED) is 0.514. The monoisotopic (exact) mass is 366 g/mol. The Labute approximate surface area is 155 Å². The predicted octanol–water partition coefficient (Wildman–Crippen LogP) is 2.41. The Morgan fingerprint density at radius 1 is 1.15 bits per heavy atom. The highest BCUT2D eigenvalue weighted by atomic mass is 16.6. The number of carbonyl (C=O) groups is 2. The van der Waals surface area contributed by atoms with Crippen molar-refractivity contribution in [3.63, 3.8) is 0 Å². The molecular weight excluding hydrogens is 336 g/mol. The molecule has 0 aliphatic heterocycles. The average Bonchev–Trinajstić information content (AvgIpc) is 2.57. The third kappa shape index (κ3) is 9.27. The molecule has 0 bridgehead atoms. The number of esters is 1. The lowest BCUT2D eigenvalue weighted by molar-refractivity contribution is -0.142. The van der Waals surface area contributed by atoms with E-state index < -0.39 is 23.7 Å². The standard InChI is InChI=1S/C19H30N2O5/c1-19(2,3)26-18(23)21-11-5-6-12-25-15-9-7-14(8-10-15)13-16(20)17(22)24-4/h7-10,16H,5-6,11-13,20H2,1-4H3,(H,21,23)/t16-/m0/s1. The lowest BCUT2D eigenvalue weighted by Gasteiger charge is -2.19. The molecule has 1 aromatic rings. The van der Waals surface area contributed by atoms with Gasteiger partial charge in [-0.05, 0) is 57.7 Å². The number of hydrogen-bond donors (Lipinski definition) is 2. The van der Waals surface area contributed by atoms with Crippen LogP contribution < -0.4 is 15.8 Å². The van der Waals surface area contributed by atoms with Crippen LogP contribution in [0.25, 0.3) is 0 Å². The summed E-state index contributed by atoms with van der Waals surface area (Å²) in [6.45, 7) is 6.58. The van der Waals surface area contributed by atoms with Gasteiger partial charge < -0.3 is 25.3 Å². The fourth-order valence-corrected chi connectivity index (χ4v) is 2.13. The van der Waals surface area contributed by atoms with E-state index >= 15 is 0 Å². The van der Waals surface area contributed by atoms with Gasteiger partial charge in [0.15, 0.2) is 0 Å². The molecule has 7 heteroatoms. The largest absolute Gasteiger partial charge is 0.494 e. The van der Waals surface area contributed by atoms with Crippen LogP contribution in [0.2, 0.25) is 0 Å². The van der Waals surface area contributed by atoms with Crippen molar-refractivity contribution in [2.75, 3.05) is 20.3 Å². The fourth-order valence-electron chi connectivity index (χ4n) is 2.13. The summed E-state index contributed by atoms with van der Waals surface area (Å²) < 4.78 is 15.4. The van der Waals surface area contributed by atoms with Crippen molar-refractivity contribution < 1.29 is 23.8 Å². The molecule has 7 nitrogen and oxygen atoms in total. The van der Waals surface area contributed by atoms with Crippen molar-refractivity contribution >= 4 is 12.1 Å². The van der Waals surface area contributed by atoms with Crippen LogP contribution in [0.1, 0.15) is 39.2 Å². The first kappa shape index (κ1) is 21.8. The number of amides is 1. The van der Waals surface area contributed by atoms with Gasteiger partial charge in [-0.3, -0.25) is 4.79 Å². The van der Waals surface area contributed by atoms with Gasteiger partial charge in [0.05, 0.1) is 13.7 Å². The van der Waals surface area contributed by atoms with Crippen LogP contribution >= 0.6 is 0 Å². The maximum absolute atomic E-state index is 11.5. The topological polar surface area (TPSA) is 99.9 Å². The van der Waals surface area contributed by atoms with E-state index in [1.807, 2.05) is 45.0 Å². The van der Waals surface area contributed by atoms with E-state index in [9.17, 15) is 9.59 Å². The first-order chi connectivity index (χ1) is 12.2. The smallest absolute Gasteiger partial charge is 0.407 e. The number of ether oxygens (including phenoxy) is 3. The summed E-state index contributed by atoms with van der Waals surface area (Å²) in [5, 5.41) is 2.71. The van der Waals surface area contributed by atoms with Crippen molar-refractivity contribution in [2.45, 2.75) is 51.7 Å². The Bertz CT molecular complexity index is 566. The molecule has 26 heavy (non-hydrogen) atoms. The average molecular weight is 366 g/mol. The second-order valence-corrected chi connectivity index (χ2v) is 6.96. The molecule has 1 rings (SSSR count). The van der Waals surface area contributed by atoms with Crippen LogP contribution in [0.5, 0.6) is 5.75 Å². The van der Waals surface area contributed by atoms with Crippen molar-refractivity contribution in [1.29, 1.82) is 0 Å². The molecule has 0 heterocycles. The molecular formula is C19H30N2O5. The predicted molar refractivity (Wildman–Crippen MR) is 99.1 cm³/mol. The first-order valence-corrected chi connectivity index (χ1v) is 8.73. The maximum atomic E-state index is 11.5. The van der Waals surface area contributed by atoms with Crippen LogP contribution in [-0.4, -0.2) is 44.0 Å². The Balaban J connectivity index is 2.20. The van der Waals surface area contributed by atoms with Crippen molar-refractivity contribution in [3.05, 3.63) is 29.8 Å². The van der Waals surface area contributed by atoms with E-state index in [2.05, 4.69) is 10.1 Å². The van der Waals surface area contributed by atoms with Crippen LogP contribution in [0.15, 0.2) is 24.3 Å². The summed E-state index contributed by atoms with van der Waals surface area (Å²) in [6.07, 6.45) is 1.62. The second-order valence-electron chi connectivity index (χ2n) is 6.96. The van der Waals surface area contributed by atoms with Gasteiger partial charge in [-0.2, -0.15) is 0 Å². The van der Waals surface area contributed by atoms with E-state index in [1.165, 1.54) is 7.11 Å². The highest BCUT2D eigenvalue weighted by Crippen LogP contribution is 2.14. The number of nitrogens with two attached hydrogens (primary N) is 1. The summed E-state index contributed by atoms with van der Waals surface area (Å²) in [7, 11) is 1.32. The molecule has 0 unspecified atom stereocenters. The summed E-state index contributed by atoms with van der Waals surface area (Å²) in [6, 6.07) is 6.78. The third-order valence-electron chi connectivity index (χ3n) is 3.39. The zero-order valence-electron chi connectivity index (χ0n) is 16.0. The van der Waals surface area contributed by atoms with Gasteiger partial charge in [0, 0.05) is 6.54 Å². The number of nitrogens with one attached hydrogen (secondary N) is 1. The number of benzene rings is 1. The summed E-state index contributed by atoms with van der Waals surface area (Å²) in [5.41, 5.74) is 6.19. The fraction of sp³-hybridized carbons (Fsp3) is 0.579. The number of alkyl carbamates (subject to hydrolysis) is 1. The highest BCUT2D eigenvalue weighted by molar-refractivity contribution is 5.75. The zero-order valence-corrected chi connectivity index (χ0v) is 16.0. The van der Waals surface area contributed by atoms with Gasteiger partial charge in [0.2, 0.25) is 0 Å². The van der Waals surface area contributed by atoms with Gasteiger partial charge in [-0.25, -0.2) is 4.79 Å². The molecule has 3 N–H and O–H groups in total. The molecule has 0 saturated heterocycles. The van der Waals surface area contributed by atoms with E-state index in [0.29, 0.717) is 19.6 Å². The van der Waals surface area contributed by atoms with Crippen LogP contribution in [0.4, 0.5) is 4.79 Å². The van der Waals surface area contributed by atoms with E-state index in [-0.39, 0.29) is 0 Å². The lowest BCUT2D eigenvalue weighted by atomic mass is 10.1. The van der Waals surface area contributed by atoms with Crippen LogP contribution in [0.3, 0.4) is 0 Å². The molecule has 146 valence electrons. The number of carbonyl (C=O) groups excluding carboxylic acids is 2. The minimum atomic E-state index is -0.663. The minimum absolute atomic E-state index is 0.404. The van der Waals surface area contributed by atoms with Crippen LogP contribution in [0, 0.1) is 0 Å². The Morgan fingerprint density at radius 3 is 2.38 bits per heavy atom. The van der Waals surface area contributed by atoms with Crippen molar-refractivity contribution in [3.8, 4) is 5.75 Å². The Morgan fingerprint density at radius 2 is 1.81 bits per heavy atom. The molecule has 0 aliphatic rings. The summed E-state index contributed by atoms with van der Waals surface area (Å²) in [5.74, 6) is 0.325. The Kier molecular flexibility index (Phi) is 8.92. The molecule has 0 aromatic heterocycles. The third-order valence-corrected chi connectivity index (χ3v) is 3.39. The first-order valence-electron chi connectivity index (χ1n) is 8.73. The molecule has 1 amide bonds. The summed E-state index contributed by atoms with van der Waals surface area (Å²) >= 11 is 0. The van der Waals surface area contributed by atoms with E-state index in [0.717, 1.165) is 24.2 Å². The highest BCUT2D eigenvalue weighted by Gasteiger charge is 2.15. The van der Waals surface area contributed by atoms with Gasteiger partial charge in [0.1, 0.15) is 17.4 Å². The lowest BCUT2D eigenvalue weighted by Crippen LogP contribution is -2.33.